The highest BCUT2D eigenvalue weighted by Gasteiger charge is 2.12. The van der Waals surface area contributed by atoms with Crippen molar-refractivity contribution in [3.63, 3.8) is 0 Å². The van der Waals surface area contributed by atoms with E-state index in [4.69, 9.17) is 9.47 Å². The molecule has 0 aliphatic heterocycles. The van der Waals surface area contributed by atoms with Crippen LogP contribution in [0.2, 0.25) is 0 Å². The van der Waals surface area contributed by atoms with Crippen molar-refractivity contribution in [3.8, 4) is 11.5 Å². The Bertz CT molecular complexity index is 954. The maximum absolute atomic E-state index is 12.7. The summed E-state index contributed by atoms with van der Waals surface area (Å²) < 4.78 is 11.3. The lowest BCUT2D eigenvalue weighted by Gasteiger charge is -2.13. The summed E-state index contributed by atoms with van der Waals surface area (Å²) in [7, 11) is 1.61. The van der Waals surface area contributed by atoms with E-state index in [1.807, 2.05) is 61.7 Å². The van der Waals surface area contributed by atoms with Gasteiger partial charge in [0, 0.05) is 21.7 Å². The third-order valence-electron chi connectivity index (χ3n) is 4.29. The van der Waals surface area contributed by atoms with E-state index in [2.05, 4.69) is 5.32 Å². The average Bonchev–Trinajstić information content (AvgIpc) is 2.73. The fraction of sp³-hybridized carbons (Fsp3) is 0.174. The second-order valence-corrected chi connectivity index (χ2v) is 7.19. The highest BCUT2D eigenvalue weighted by molar-refractivity contribution is 7.98. The van der Waals surface area contributed by atoms with Crippen LogP contribution >= 0.6 is 11.8 Å². The Morgan fingerprint density at radius 3 is 2.54 bits per heavy atom. The molecule has 0 saturated carbocycles. The molecule has 1 amide bonds. The third-order valence-corrected chi connectivity index (χ3v) is 5.01. The molecule has 0 atom stereocenters. The van der Waals surface area contributed by atoms with Crippen molar-refractivity contribution in [3.05, 3.63) is 83.4 Å². The molecule has 0 saturated heterocycles. The van der Waals surface area contributed by atoms with Crippen molar-refractivity contribution in [2.24, 2.45) is 0 Å². The summed E-state index contributed by atoms with van der Waals surface area (Å²) in [4.78, 5) is 13.8. The predicted octanol–water partition coefficient (Wildman–Crippen LogP) is 5.56. The molecule has 28 heavy (non-hydrogen) atoms. The molecule has 0 aliphatic carbocycles. The normalized spacial score (nSPS) is 10.4. The summed E-state index contributed by atoms with van der Waals surface area (Å²) in [5.41, 5.74) is 3.31. The van der Waals surface area contributed by atoms with Crippen LogP contribution in [0.25, 0.3) is 0 Å². The minimum absolute atomic E-state index is 0.169. The first-order chi connectivity index (χ1) is 13.6. The maximum atomic E-state index is 12.7. The molecule has 5 heteroatoms. The monoisotopic (exact) mass is 393 g/mol. The summed E-state index contributed by atoms with van der Waals surface area (Å²) in [6, 6.07) is 21.0. The Hall–Kier alpha value is -2.92. The fourth-order valence-corrected chi connectivity index (χ4v) is 3.19. The second kappa shape index (κ2) is 9.33. The first-order valence-corrected chi connectivity index (χ1v) is 10.1. The Kier molecular flexibility index (Phi) is 6.61. The Labute approximate surface area is 169 Å². The van der Waals surface area contributed by atoms with E-state index in [0.29, 0.717) is 17.9 Å². The van der Waals surface area contributed by atoms with Crippen LogP contribution in [0, 0.1) is 6.92 Å². The summed E-state index contributed by atoms with van der Waals surface area (Å²) in [6.45, 7) is 2.35. The molecule has 0 fully saturated rings. The molecule has 0 spiro atoms. The van der Waals surface area contributed by atoms with Gasteiger partial charge < -0.3 is 14.8 Å². The van der Waals surface area contributed by atoms with E-state index in [1.165, 1.54) is 5.56 Å². The summed E-state index contributed by atoms with van der Waals surface area (Å²) >= 11 is 1.63. The van der Waals surface area contributed by atoms with Gasteiger partial charge in [-0.15, -0.1) is 11.8 Å². The van der Waals surface area contributed by atoms with Gasteiger partial charge in [-0.1, -0.05) is 23.8 Å². The molecule has 0 radical (unpaired) electrons. The van der Waals surface area contributed by atoms with Crippen molar-refractivity contribution >= 4 is 23.4 Å². The van der Waals surface area contributed by atoms with E-state index >= 15 is 0 Å². The van der Waals surface area contributed by atoms with Crippen LogP contribution in [-0.4, -0.2) is 19.3 Å². The van der Waals surface area contributed by atoms with Gasteiger partial charge in [0.05, 0.1) is 7.11 Å². The number of rotatable bonds is 7. The summed E-state index contributed by atoms with van der Waals surface area (Å²) in [5.74, 6) is 1.29. The number of carbonyl (C=O) groups is 1. The molecule has 0 bridgehead atoms. The van der Waals surface area contributed by atoms with Gasteiger partial charge in [-0.05, 0) is 61.7 Å². The van der Waals surface area contributed by atoms with Gasteiger partial charge in [0.1, 0.15) is 18.1 Å². The number of anilines is 1. The molecule has 3 rings (SSSR count). The fourth-order valence-electron chi connectivity index (χ4n) is 2.73. The second-order valence-electron chi connectivity index (χ2n) is 6.31. The Morgan fingerprint density at radius 2 is 1.82 bits per heavy atom. The molecule has 4 nitrogen and oxygen atoms in total. The molecule has 3 aromatic rings. The van der Waals surface area contributed by atoms with E-state index in [0.717, 1.165) is 21.9 Å². The number of nitrogens with one attached hydrogen (secondary N) is 1. The lowest BCUT2D eigenvalue weighted by Crippen LogP contribution is -2.13. The highest BCUT2D eigenvalue weighted by atomic mass is 32.2. The number of carbonyl (C=O) groups excluding carboxylic acids is 1. The zero-order valence-electron chi connectivity index (χ0n) is 16.2. The van der Waals surface area contributed by atoms with Gasteiger partial charge in [0.15, 0.2) is 0 Å². The van der Waals surface area contributed by atoms with Crippen molar-refractivity contribution in [2.45, 2.75) is 18.4 Å². The van der Waals surface area contributed by atoms with Crippen molar-refractivity contribution in [1.82, 2.24) is 0 Å². The Morgan fingerprint density at radius 1 is 1.04 bits per heavy atom. The first-order valence-electron chi connectivity index (χ1n) is 8.91. The first kappa shape index (κ1) is 19.8. The third kappa shape index (κ3) is 5.08. The van der Waals surface area contributed by atoms with Crippen LogP contribution in [0.3, 0.4) is 0 Å². The number of aryl methyl sites for hydroxylation is 1. The van der Waals surface area contributed by atoms with Crippen LogP contribution in [0.15, 0.2) is 71.6 Å². The lowest BCUT2D eigenvalue weighted by atomic mass is 10.1. The molecule has 0 aliphatic rings. The van der Waals surface area contributed by atoms with Gasteiger partial charge in [-0.25, -0.2) is 0 Å². The minimum atomic E-state index is -0.169. The largest absolute Gasteiger partial charge is 0.496 e. The van der Waals surface area contributed by atoms with Crippen molar-refractivity contribution < 1.29 is 14.3 Å². The number of amides is 1. The molecule has 0 heterocycles. The zero-order valence-corrected chi connectivity index (χ0v) is 17.0. The van der Waals surface area contributed by atoms with E-state index < -0.39 is 0 Å². The van der Waals surface area contributed by atoms with Gasteiger partial charge in [-0.2, -0.15) is 0 Å². The molecule has 144 valence electrons. The van der Waals surface area contributed by atoms with Gasteiger partial charge in [-0.3, -0.25) is 4.79 Å². The molecular formula is C23H23NO3S. The molecular weight excluding hydrogens is 370 g/mol. The summed E-state index contributed by atoms with van der Waals surface area (Å²) in [5, 5.41) is 2.94. The van der Waals surface area contributed by atoms with Crippen LogP contribution < -0.4 is 14.8 Å². The number of hydrogen-bond acceptors (Lipinski definition) is 4. The molecule has 1 N–H and O–H groups in total. The maximum Gasteiger partial charge on any atom is 0.255 e. The van der Waals surface area contributed by atoms with Gasteiger partial charge >= 0.3 is 0 Å². The van der Waals surface area contributed by atoms with Crippen LogP contribution in [0.5, 0.6) is 11.5 Å². The van der Waals surface area contributed by atoms with Crippen molar-refractivity contribution in [2.75, 3.05) is 18.7 Å². The average molecular weight is 394 g/mol. The SMILES string of the molecule is COc1ccc(C(=O)Nc2cccc(SC)c2)cc1COc1ccc(C)cc1. The number of methoxy groups -OCH3 is 1. The van der Waals surface area contributed by atoms with Crippen LogP contribution in [0.4, 0.5) is 5.69 Å². The smallest absolute Gasteiger partial charge is 0.255 e. The van der Waals surface area contributed by atoms with Crippen LogP contribution in [-0.2, 0) is 6.61 Å². The number of ether oxygens (including phenoxy) is 2. The molecule has 0 unspecified atom stereocenters. The van der Waals surface area contributed by atoms with Gasteiger partial charge in [0.25, 0.3) is 5.91 Å². The molecule has 0 aromatic heterocycles. The van der Waals surface area contributed by atoms with Gasteiger partial charge in [0.2, 0.25) is 0 Å². The zero-order chi connectivity index (χ0) is 19.9. The number of thioether (sulfide) groups is 1. The lowest BCUT2D eigenvalue weighted by molar-refractivity contribution is 0.102. The quantitative estimate of drug-likeness (QED) is 0.534. The highest BCUT2D eigenvalue weighted by Crippen LogP contribution is 2.24. The van der Waals surface area contributed by atoms with E-state index in [1.54, 1.807) is 37.1 Å². The van der Waals surface area contributed by atoms with Crippen LogP contribution in [0.1, 0.15) is 21.5 Å². The van der Waals surface area contributed by atoms with Crippen molar-refractivity contribution in [1.29, 1.82) is 0 Å². The topological polar surface area (TPSA) is 47.6 Å². The Balaban J connectivity index is 1.75. The number of benzene rings is 3. The number of hydrogen-bond donors (Lipinski definition) is 1. The summed E-state index contributed by atoms with van der Waals surface area (Å²) in [6.07, 6.45) is 2.00. The minimum Gasteiger partial charge on any atom is -0.496 e. The van der Waals surface area contributed by atoms with E-state index in [-0.39, 0.29) is 5.91 Å². The standard InChI is InChI=1S/C23H23NO3S/c1-16-7-10-20(11-8-16)27-15-18-13-17(9-12-22(18)26-2)23(25)24-19-5-4-6-21(14-19)28-3/h4-14H,15H2,1-3H3,(H,24,25). The van der Waals surface area contributed by atoms with E-state index in [9.17, 15) is 4.79 Å². The molecule has 3 aromatic carbocycles. The predicted molar refractivity (Wildman–Crippen MR) is 115 cm³/mol.